The van der Waals surface area contributed by atoms with Crippen LogP contribution in [0.5, 0.6) is 0 Å². The van der Waals surface area contributed by atoms with E-state index in [-0.39, 0.29) is 5.91 Å². The molecule has 16 heavy (non-hydrogen) atoms. The number of aryl methyl sites for hydroxylation is 1. The van der Waals surface area contributed by atoms with Gasteiger partial charge in [-0.25, -0.2) is 0 Å². The van der Waals surface area contributed by atoms with E-state index in [1.807, 2.05) is 6.92 Å². The molecule has 0 spiro atoms. The fourth-order valence-corrected chi connectivity index (χ4v) is 1.97. The van der Waals surface area contributed by atoms with Gasteiger partial charge in [-0.05, 0) is 19.8 Å². The highest BCUT2D eigenvalue weighted by Crippen LogP contribution is 2.17. The van der Waals surface area contributed by atoms with Crippen molar-refractivity contribution in [2.75, 3.05) is 11.9 Å². The minimum Gasteiger partial charge on any atom is -0.338 e. The minimum absolute atomic E-state index is 0.0805. The Morgan fingerprint density at radius 3 is 2.94 bits per heavy atom. The molecule has 1 amide bonds. The molecule has 2 rings (SSSR count). The third kappa shape index (κ3) is 3.06. The molecule has 1 aliphatic rings. The maximum Gasteiger partial charge on any atom is 0.240 e. The van der Waals surface area contributed by atoms with Gasteiger partial charge in [0.05, 0.1) is 12.2 Å². The molecule has 1 aliphatic carbocycles. The summed E-state index contributed by atoms with van der Waals surface area (Å²) in [5.41, 5.74) is 0.763. The van der Waals surface area contributed by atoms with Gasteiger partial charge in [0.25, 0.3) is 0 Å². The van der Waals surface area contributed by atoms with Crippen LogP contribution in [-0.4, -0.2) is 23.7 Å². The number of rotatable bonds is 4. The van der Waals surface area contributed by atoms with Crippen molar-refractivity contribution in [1.82, 2.24) is 10.5 Å². The summed E-state index contributed by atoms with van der Waals surface area (Å²) < 4.78 is 4.90. The third-order valence-corrected chi connectivity index (χ3v) is 2.80. The Balaban J connectivity index is 1.71. The summed E-state index contributed by atoms with van der Waals surface area (Å²) in [6.45, 7) is 2.15. The minimum atomic E-state index is -0.0805. The van der Waals surface area contributed by atoms with Gasteiger partial charge in [0.2, 0.25) is 11.8 Å². The summed E-state index contributed by atoms with van der Waals surface area (Å²) in [4.78, 5) is 11.5. The molecule has 0 aliphatic heterocycles. The Hall–Kier alpha value is -1.36. The molecular formula is C11H17N3O2. The highest BCUT2D eigenvalue weighted by molar-refractivity contribution is 5.90. The molecule has 1 saturated carbocycles. The van der Waals surface area contributed by atoms with Crippen LogP contribution in [0.25, 0.3) is 0 Å². The van der Waals surface area contributed by atoms with Crippen LogP contribution in [0, 0.1) is 6.92 Å². The van der Waals surface area contributed by atoms with E-state index in [1.165, 1.54) is 25.7 Å². The number of hydrogen-bond acceptors (Lipinski definition) is 4. The third-order valence-electron chi connectivity index (χ3n) is 2.80. The molecular weight excluding hydrogens is 206 g/mol. The van der Waals surface area contributed by atoms with Crippen LogP contribution in [0.4, 0.5) is 5.88 Å². The van der Waals surface area contributed by atoms with Crippen molar-refractivity contribution in [3.63, 3.8) is 0 Å². The molecule has 5 nitrogen and oxygen atoms in total. The van der Waals surface area contributed by atoms with Crippen molar-refractivity contribution < 1.29 is 9.32 Å². The number of aromatic nitrogens is 1. The monoisotopic (exact) mass is 223 g/mol. The summed E-state index contributed by atoms with van der Waals surface area (Å²) in [7, 11) is 0. The molecule has 0 atom stereocenters. The zero-order valence-corrected chi connectivity index (χ0v) is 9.45. The average molecular weight is 223 g/mol. The summed E-state index contributed by atoms with van der Waals surface area (Å²) in [6.07, 6.45) is 4.88. The van der Waals surface area contributed by atoms with Crippen molar-refractivity contribution in [2.24, 2.45) is 0 Å². The van der Waals surface area contributed by atoms with Gasteiger partial charge in [0.1, 0.15) is 0 Å². The first-order valence-corrected chi connectivity index (χ1v) is 5.70. The number of nitrogens with zero attached hydrogens (tertiary/aromatic N) is 1. The van der Waals surface area contributed by atoms with Crippen molar-refractivity contribution in [1.29, 1.82) is 0 Å². The molecule has 0 saturated heterocycles. The first-order valence-electron chi connectivity index (χ1n) is 5.70. The first kappa shape index (κ1) is 11.1. The van der Waals surface area contributed by atoms with Crippen LogP contribution >= 0.6 is 0 Å². The van der Waals surface area contributed by atoms with Gasteiger partial charge in [-0.2, -0.15) is 0 Å². The van der Waals surface area contributed by atoms with Gasteiger partial charge in [-0.1, -0.05) is 18.0 Å². The van der Waals surface area contributed by atoms with Gasteiger partial charge >= 0.3 is 0 Å². The van der Waals surface area contributed by atoms with E-state index in [2.05, 4.69) is 15.8 Å². The fraction of sp³-hybridized carbons (Fsp3) is 0.636. The van der Waals surface area contributed by atoms with Crippen LogP contribution in [0.15, 0.2) is 10.6 Å². The van der Waals surface area contributed by atoms with Gasteiger partial charge < -0.3 is 9.84 Å². The smallest absolute Gasteiger partial charge is 0.240 e. The van der Waals surface area contributed by atoms with Crippen molar-refractivity contribution in [2.45, 2.75) is 38.6 Å². The molecule has 1 aromatic rings. The van der Waals surface area contributed by atoms with Crippen LogP contribution in [-0.2, 0) is 4.79 Å². The SMILES string of the molecule is Cc1cc(NC(=O)CNC2CCCC2)on1. The second-order valence-corrected chi connectivity index (χ2v) is 4.24. The summed E-state index contributed by atoms with van der Waals surface area (Å²) in [5.74, 6) is 0.332. The quantitative estimate of drug-likeness (QED) is 0.810. The largest absolute Gasteiger partial charge is 0.338 e. The first-order chi connectivity index (χ1) is 7.74. The Kier molecular flexibility index (Phi) is 3.56. The van der Waals surface area contributed by atoms with Crippen LogP contribution in [0.3, 0.4) is 0 Å². The van der Waals surface area contributed by atoms with Crippen LogP contribution < -0.4 is 10.6 Å². The van der Waals surface area contributed by atoms with Gasteiger partial charge in [0, 0.05) is 12.1 Å². The lowest BCUT2D eigenvalue weighted by molar-refractivity contribution is -0.115. The maximum atomic E-state index is 11.5. The van der Waals surface area contributed by atoms with E-state index >= 15 is 0 Å². The number of hydrogen-bond donors (Lipinski definition) is 2. The highest BCUT2D eigenvalue weighted by atomic mass is 16.5. The van der Waals surface area contributed by atoms with Gasteiger partial charge in [0.15, 0.2) is 0 Å². The maximum absolute atomic E-state index is 11.5. The predicted molar refractivity (Wildman–Crippen MR) is 60.1 cm³/mol. The lowest BCUT2D eigenvalue weighted by Gasteiger charge is -2.10. The second-order valence-electron chi connectivity index (χ2n) is 4.24. The molecule has 88 valence electrons. The number of carbonyl (C=O) groups is 1. The molecule has 0 radical (unpaired) electrons. The zero-order chi connectivity index (χ0) is 11.4. The van der Waals surface area contributed by atoms with E-state index in [1.54, 1.807) is 6.07 Å². The Bertz CT molecular complexity index is 356. The molecule has 1 aromatic heterocycles. The predicted octanol–water partition coefficient (Wildman–Crippen LogP) is 1.45. The lowest BCUT2D eigenvalue weighted by Crippen LogP contribution is -2.34. The van der Waals surface area contributed by atoms with E-state index in [0.29, 0.717) is 18.5 Å². The van der Waals surface area contributed by atoms with E-state index in [9.17, 15) is 4.79 Å². The summed E-state index contributed by atoms with van der Waals surface area (Å²) >= 11 is 0. The van der Waals surface area contributed by atoms with Crippen LogP contribution in [0.2, 0.25) is 0 Å². The van der Waals surface area contributed by atoms with Crippen molar-refractivity contribution in [3.05, 3.63) is 11.8 Å². The van der Waals surface area contributed by atoms with Crippen molar-refractivity contribution in [3.8, 4) is 0 Å². The number of amides is 1. The molecule has 1 heterocycles. The normalized spacial score (nSPS) is 16.6. The number of carbonyl (C=O) groups excluding carboxylic acids is 1. The molecule has 0 bridgehead atoms. The summed E-state index contributed by atoms with van der Waals surface area (Å²) in [6, 6.07) is 2.20. The lowest BCUT2D eigenvalue weighted by atomic mass is 10.2. The topological polar surface area (TPSA) is 67.2 Å². The number of nitrogens with one attached hydrogen (secondary N) is 2. The molecule has 2 N–H and O–H groups in total. The van der Waals surface area contributed by atoms with E-state index in [0.717, 1.165) is 5.69 Å². The molecule has 1 fully saturated rings. The molecule has 0 aromatic carbocycles. The molecule has 5 heteroatoms. The second kappa shape index (κ2) is 5.12. The number of anilines is 1. The van der Waals surface area contributed by atoms with Gasteiger partial charge in [-0.3, -0.25) is 10.1 Å². The Morgan fingerprint density at radius 2 is 2.31 bits per heavy atom. The summed E-state index contributed by atoms with van der Waals surface area (Å²) in [5, 5.41) is 9.59. The van der Waals surface area contributed by atoms with Crippen molar-refractivity contribution >= 4 is 11.8 Å². The van der Waals surface area contributed by atoms with Gasteiger partial charge in [-0.15, -0.1) is 0 Å². The highest BCUT2D eigenvalue weighted by Gasteiger charge is 2.15. The fourth-order valence-electron chi connectivity index (χ4n) is 1.97. The zero-order valence-electron chi connectivity index (χ0n) is 9.45. The standard InChI is InChI=1S/C11H17N3O2/c1-8-6-11(16-14-8)13-10(15)7-12-9-4-2-3-5-9/h6,9,12H,2-5,7H2,1H3,(H,13,15). The van der Waals surface area contributed by atoms with E-state index in [4.69, 9.17) is 4.52 Å². The van der Waals surface area contributed by atoms with E-state index < -0.39 is 0 Å². The Morgan fingerprint density at radius 1 is 1.56 bits per heavy atom. The van der Waals surface area contributed by atoms with Crippen LogP contribution in [0.1, 0.15) is 31.4 Å². The average Bonchev–Trinajstić information content (AvgIpc) is 2.87. The molecule has 0 unspecified atom stereocenters. The Labute approximate surface area is 94.6 Å².